The third-order valence-corrected chi connectivity index (χ3v) is 6.45. The predicted octanol–water partition coefficient (Wildman–Crippen LogP) is 6.90. The standard InChI is InChI=1S/C14H16F11I/c1-3-4-5-6-8(26)7(2)9(15)10(16,17)12(20,21)14(24,25)13(22,23)11(9,18)19/h7-8H,3-6H2,1-2H3. The van der Waals surface area contributed by atoms with Gasteiger partial charge in [-0.15, -0.1) is 0 Å². The Labute approximate surface area is 156 Å². The lowest BCUT2D eigenvalue weighted by atomic mass is 9.66. The van der Waals surface area contributed by atoms with Crippen molar-refractivity contribution in [1.82, 2.24) is 0 Å². The highest BCUT2D eigenvalue weighted by Crippen LogP contribution is 2.71. The first-order valence-electron chi connectivity index (χ1n) is 7.61. The Kier molecular flexibility index (Phi) is 6.26. The molecular formula is C14H16F11I. The van der Waals surface area contributed by atoms with Gasteiger partial charge in [-0.25, -0.2) is 4.39 Å². The van der Waals surface area contributed by atoms with Crippen LogP contribution in [0.4, 0.5) is 48.3 Å². The van der Waals surface area contributed by atoms with E-state index in [2.05, 4.69) is 0 Å². The lowest BCUT2D eigenvalue weighted by molar-refractivity contribution is -0.490. The average Bonchev–Trinajstić information content (AvgIpc) is 2.51. The molecule has 0 spiro atoms. The zero-order valence-corrected chi connectivity index (χ0v) is 15.7. The Morgan fingerprint density at radius 1 is 0.654 bits per heavy atom. The molecule has 1 rings (SSSR count). The van der Waals surface area contributed by atoms with Crippen LogP contribution in [0.15, 0.2) is 0 Å². The first-order chi connectivity index (χ1) is 11.4. The largest absolute Gasteiger partial charge is 0.384 e. The van der Waals surface area contributed by atoms with Gasteiger partial charge in [-0.1, -0.05) is 55.7 Å². The SMILES string of the molecule is CCCCCC(I)C(C)C1(F)C(F)(F)C(F)(F)C(F)(F)C(F)(F)C1(F)F. The summed E-state index contributed by atoms with van der Waals surface area (Å²) in [5.41, 5.74) is -5.88. The van der Waals surface area contributed by atoms with E-state index in [1.807, 2.05) is 0 Å². The van der Waals surface area contributed by atoms with E-state index in [1.165, 1.54) is 22.6 Å². The van der Waals surface area contributed by atoms with Crippen molar-refractivity contribution in [3.05, 3.63) is 0 Å². The van der Waals surface area contributed by atoms with E-state index in [0.29, 0.717) is 19.8 Å². The summed E-state index contributed by atoms with van der Waals surface area (Å²) in [6.07, 6.45) is 1.03. The van der Waals surface area contributed by atoms with Crippen LogP contribution in [0.1, 0.15) is 39.5 Å². The summed E-state index contributed by atoms with van der Waals surface area (Å²) < 4.78 is 149. The van der Waals surface area contributed by atoms with Crippen LogP contribution in [0, 0.1) is 5.92 Å². The molecule has 2 atom stereocenters. The van der Waals surface area contributed by atoms with Gasteiger partial charge < -0.3 is 0 Å². The molecule has 0 bridgehead atoms. The molecule has 0 heterocycles. The van der Waals surface area contributed by atoms with E-state index in [-0.39, 0.29) is 12.8 Å². The van der Waals surface area contributed by atoms with E-state index < -0.39 is 45.1 Å². The van der Waals surface area contributed by atoms with Crippen molar-refractivity contribution in [2.75, 3.05) is 0 Å². The Balaban J connectivity index is 3.55. The van der Waals surface area contributed by atoms with Crippen molar-refractivity contribution in [1.29, 1.82) is 0 Å². The maximum absolute atomic E-state index is 14.8. The van der Waals surface area contributed by atoms with Gasteiger partial charge in [-0.2, -0.15) is 43.9 Å². The monoisotopic (exact) mass is 520 g/mol. The van der Waals surface area contributed by atoms with Crippen LogP contribution in [0.3, 0.4) is 0 Å². The predicted molar refractivity (Wildman–Crippen MR) is 79.7 cm³/mol. The number of hydrogen-bond donors (Lipinski definition) is 0. The van der Waals surface area contributed by atoms with Crippen molar-refractivity contribution < 1.29 is 48.3 Å². The van der Waals surface area contributed by atoms with E-state index in [9.17, 15) is 48.3 Å². The van der Waals surface area contributed by atoms with Crippen molar-refractivity contribution in [2.24, 2.45) is 5.92 Å². The van der Waals surface area contributed by atoms with Gasteiger partial charge in [0.1, 0.15) is 0 Å². The van der Waals surface area contributed by atoms with Crippen molar-refractivity contribution in [2.45, 2.75) is 78.7 Å². The summed E-state index contributed by atoms with van der Waals surface area (Å²) in [7, 11) is 0. The van der Waals surface area contributed by atoms with E-state index >= 15 is 0 Å². The molecule has 0 radical (unpaired) electrons. The number of rotatable bonds is 6. The fourth-order valence-corrected chi connectivity index (χ4v) is 3.84. The van der Waals surface area contributed by atoms with Gasteiger partial charge in [0.25, 0.3) is 5.67 Å². The normalized spacial score (nSPS) is 29.8. The molecule has 12 heteroatoms. The summed E-state index contributed by atoms with van der Waals surface area (Å²) >= 11 is 1.20. The summed E-state index contributed by atoms with van der Waals surface area (Å²) in [5, 5.41) is 0. The van der Waals surface area contributed by atoms with Gasteiger partial charge >= 0.3 is 29.6 Å². The highest BCUT2D eigenvalue weighted by atomic mass is 127. The molecule has 0 saturated heterocycles. The van der Waals surface area contributed by atoms with Crippen LogP contribution < -0.4 is 0 Å². The third-order valence-electron chi connectivity index (χ3n) is 4.74. The van der Waals surface area contributed by atoms with Crippen LogP contribution >= 0.6 is 22.6 Å². The summed E-state index contributed by atoms with van der Waals surface area (Å²) in [6.45, 7) is 2.04. The Hall–Kier alpha value is -0.0400. The topological polar surface area (TPSA) is 0 Å². The molecule has 1 saturated carbocycles. The molecular weight excluding hydrogens is 504 g/mol. The van der Waals surface area contributed by atoms with Crippen LogP contribution in [0.25, 0.3) is 0 Å². The number of unbranched alkanes of at least 4 members (excludes halogenated alkanes) is 2. The fraction of sp³-hybridized carbons (Fsp3) is 1.00. The van der Waals surface area contributed by atoms with Crippen LogP contribution in [-0.2, 0) is 0 Å². The third kappa shape index (κ3) is 2.66. The van der Waals surface area contributed by atoms with E-state index in [4.69, 9.17) is 0 Å². The summed E-state index contributed by atoms with van der Waals surface area (Å²) in [5.74, 6) is -37.4. The smallest absolute Gasteiger partial charge is 0.230 e. The first-order valence-corrected chi connectivity index (χ1v) is 8.86. The summed E-state index contributed by atoms with van der Waals surface area (Å²) in [6, 6.07) is 0. The van der Waals surface area contributed by atoms with Crippen LogP contribution in [-0.4, -0.2) is 39.2 Å². The molecule has 0 aromatic rings. The summed E-state index contributed by atoms with van der Waals surface area (Å²) in [4.78, 5) is 0. The van der Waals surface area contributed by atoms with E-state index in [1.54, 1.807) is 6.92 Å². The number of hydrogen-bond acceptors (Lipinski definition) is 0. The van der Waals surface area contributed by atoms with Crippen LogP contribution in [0.5, 0.6) is 0 Å². The minimum absolute atomic E-state index is 0.199. The second kappa shape index (κ2) is 6.78. The van der Waals surface area contributed by atoms with E-state index in [0.717, 1.165) is 0 Å². The molecule has 156 valence electrons. The molecule has 1 fully saturated rings. The van der Waals surface area contributed by atoms with Crippen molar-refractivity contribution in [3.63, 3.8) is 0 Å². The van der Waals surface area contributed by atoms with Gasteiger partial charge in [0.05, 0.1) is 0 Å². The first kappa shape index (κ1) is 24.0. The Bertz CT molecular complexity index is 487. The molecule has 0 aliphatic heterocycles. The zero-order valence-electron chi connectivity index (χ0n) is 13.5. The van der Waals surface area contributed by atoms with Crippen molar-refractivity contribution in [3.8, 4) is 0 Å². The molecule has 2 unspecified atom stereocenters. The maximum atomic E-state index is 14.8. The molecule has 0 nitrogen and oxygen atoms in total. The van der Waals surface area contributed by atoms with Gasteiger partial charge in [0.2, 0.25) is 0 Å². The van der Waals surface area contributed by atoms with Crippen molar-refractivity contribution >= 4 is 22.6 Å². The van der Waals surface area contributed by atoms with Gasteiger partial charge in [0, 0.05) is 9.84 Å². The quantitative estimate of drug-likeness (QED) is 0.155. The fourth-order valence-electron chi connectivity index (χ4n) is 2.91. The highest BCUT2D eigenvalue weighted by molar-refractivity contribution is 14.1. The van der Waals surface area contributed by atoms with Gasteiger partial charge in [-0.05, 0) is 6.42 Å². The molecule has 0 aromatic heterocycles. The van der Waals surface area contributed by atoms with Crippen LogP contribution in [0.2, 0.25) is 0 Å². The lowest BCUT2D eigenvalue weighted by Gasteiger charge is -2.55. The highest BCUT2D eigenvalue weighted by Gasteiger charge is 3.01. The molecule has 0 N–H and O–H groups in total. The molecule has 0 amide bonds. The molecule has 1 aliphatic carbocycles. The average molecular weight is 520 g/mol. The molecule has 1 aliphatic rings. The zero-order chi connectivity index (χ0) is 21.0. The second-order valence-electron chi connectivity index (χ2n) is 6.38. The molecule has 26 heavy (non-hydrogen) atoms. The Morgan fingerprint density at radius 2 is 1.00 bits per heavy atom. The second-order valence-corrected chi connectivity index (χ2v) is 7.98. The number of halogens is 12. The Morgan fingerprint density at radius 3 is 1.35 bits per heavy atom. The minimum Gasteiger partial charge on any atom is -0.230 e. The minimum atomic E-state index is -7.15. The van der Waals surface area contributed by atoms with Gasteiger partial charge in [-0.3, -0.25) is 0 Å². The number of alkyl halides is 12. The van der Waals surface area contributed by atoms with Gasteiger partial charge in [0.15, 0.2) is 0 Å². The lowest BCUT2D eigenvalue weighted by Crippen LogP contribution is -2.85. The maximum Gasteiger partial charge on any atom is 0.384 e. The molecule has 0 aromatic carbocycles.